The fraction of sp³-hybridized carbons (Fsp3) is 0.348. The smallest absolute Gasteiger partial charge is 0.268 e. The average Bonchev–Trinajstić information content (AvgIpc) is 3.07. The summed E-state index contributed by atoms with van der Waals surface area (Å²) in [6.07, 6.45) is 1.79. The SMILES string of the molecule is Cc1c(-c2ccnc(N(c3ccc(S)cc3)N3CCOCC3)n2)c(C)n2c1C(=O)NCC2. The monoisotopic (exact) mass is 450 g/mol. The van der Waals surface area contributed by atoms with Crippen LogP contribution in [0.2, 0.25) is 0 Å². The summed E-state index contributed by atoms with van der Waals surface area (Å²) in [5, 5.41) is 7.19. The maximum atomic E-state index is 12.5. The standard InChI is InChI=1S/C23H26N6O2S/c1-15-20(16(2)28-10-9-24-22(30)21(15)28)19-7-8-25-23(26-19)29(27-11-13-31-14-12-27)17-3-5-18(32)6-4-17/h3-8,32H,9-14H2,1-2H3,(H,24,30). The van der Waals surface area contributed by atoms with Crippen molar-refractivity contribution in [2.45, 2.75) is 25.3 Å². The van der Waals surface area contributed by atoms with Crippen molar-refractivity contribution in [1.82, 2.24) is 24.9 Å². The van der Waals surface area contributed by atoms with Crippen molar-refractivity contribution < 1.29 is 9.53 Å². The van der Waals surface area contributed by atoms with Crippen LogP contribution in [-0.2, 0) is 11.3 Å². The number of rotatable bonds is 4. The molecule has 9 heteroatoms. The maximum Gasteiger partial charge on any atom is 0.268 e. The van der Waals surface area contributed by atoms with Crippen LogP contribution in [0.1, 0.15) is 21.7 Å². The number of anilines is 2. The lowest BCUT2D eigenvalue weighted by atomic mass is 10.1. The van der Waals surface area contributed by atoms with Crippen LogP contribution in [0.4, 0.5) is 11.6 Å². The van der Waals surface area contributed by atoms with Gasteiger partial charge in [-0.1, -0.05) is 0 Å². The third kappa shape index (κ3) is 3.66. The largest absolute Gasteiger partial charge is 0.379 e. The number of nitrogens with one attached hydrogen (secondary N) is 1. The van der Waals surface area contributed by atoms with Crippen LogP contribution in [-0.4, -0.2) is 58.3 Å². The van der Waals surface area contributed by atoms with E-state index in [0.717, 1.165) is 58.4 Å². The number of hydrogen-bond acceptors (Lipinski definition) is 7. The highest BCUT2D eigenvalue weighted by Crippen LogP contribution is 2.34. The van der Waals surface area contributed by atoms with Gasteiger partial charge in [0.05, 0.1) is 24.6 Å². The summed E-state index contributed by atoms with van der Waals surface area (Å²) in [6, 6.07) is 9.88. The topological polar surface area (TPSA) is 75.5 Å². The quantitative estimate of drug-likeness (QED) is 0.596. The van der Waals surface area contributed by atoms with E-state index >= 15 is 0 Å². The molecule has 1 amide bonds. The van der Waals surface area contributed by atoms with Crippen molar-refractivity contribution in [2.75, 3.05) is 37.9 Å². The maximum absolute atomic E-state index is 12.5. The first-order valence-corrected chi connectivity index (χ1v) is 11.2. The summed E-state index contributed by atoms with van der Waals surface area (Å²) in [6.45, 7) is 8.25. The highest BCUT2D eigenvalue weighted by molar-refractivity contribution is 7.80. The number of morpholine rings is 1. The van der Waals surface area contributed by atoms with Crippen LogP contribution < -0.4 is 10.3 Å². The zero-order valence-corrected chi connectivity index (χ0v) is 19.1. The second kappa shape index (κ2) is 8.57. The number of hydrazine groups is 1. The predicted molar refractivity (Wildman–Crippen MR) is 125 cm³/mol. The second-order valence-corrected chi connectivity index (χ2v) is 8.49. The number of nitrogens with zero attached hydrogens (tertiary/aromatic N) is 5. The Morgan fingerprint density at radius 3 is 2.56 bits per heavy atom. The first-order chi connectivity index (χ1) is 15.5. The molecule has 0 saturated carbocycles. The Kier molecular flexibility index (Phi) is 5.62. The molecule has 3 aromatic rings. The van der Waals surface area contributed by atoms with Crippen LogP contribution >= 0.6 is 12.6 Å². The van der Waals surface area contributed by atoms with E-state index in [1.165, 1.54) is 0 Å². The zero-order valence-electron chi connectivity index (χ0n) is 18.2. The molecule has 166 valence electrons. The van der Waals surface area contributed by atoms with Gasteiger partial charge in [0.2, 0.25) is 5.95 Å². The van der Waals surface area contributed by atoms with Crippen LogP contribution in [0, 0.1) is 13.8 Å². The molecule has 0 atom stereocenters. The van der Waals surface area contributed by atoms with E-state index in [2.05, 4.69) is 39.4 Å². The minimum atomic E-state index is -0.0285. The minimum Gasteiger partial charge on any atom is -0.379 e. The molecule has 0 bridgehead atoms. The van der Waals surface area contributed by atoms with Gasteiger partial charge in [-0.25, -0.2) is 20.0 Å². The molecule has 2 aromatic heterocycles. The summed E-state index contributed by atoms with van der Waals surface area (Å²) >= 11 is 4.43. The van der Waals surface area contributed by atoms with E-state index in [1.54, 1.807) is 6.20 Å². The molecule has 1 aromatic carbocycles. The van der Waals surface area contributed by atoms with Gasteiger partial charge in [0.1, 0.15) is 5.69 Å². The number of ether oxygens (including phenoxy) is 1. The Balaban J connectivity index is 1.60. The Bertz CT molecular complexity index is 1150. The van der Waals surface area contributed by atoms with Gasteiger partial charge >= 0.3 is 0 Å². The number of thiol groups is 1. The summed E-state index contributed by atoms with van der Waals surface area (Å²) < 4.78 is 7.65. The zero-order chi connectivity index (χ0) is 22.2. The number of hydrogen-bond donors (Lipinski definition) is 2. The first kappa shape index (κ1) is 21.0. The Morgan fingerprint density at radius 1 is 1.09 bits per heavy atom. The van der Waals surface area contributed by atoms with Crippen LogP contribution in [0.5, 0.6) is 0 Å². The van der Waals surface area contributed by atoms with Crippen molar-refractivity contribution in [1.29, 1.82) is 0 Å². The van der Waals surface area contributed by atoms with E-state index in [-0.39, 0.29) is 5.91 Å². The van der Waals surface area contributed by atoms with Crippen molar-refractivity contribution >= 4 is 30.2 Å². The van der Waals surface area contributed by atoms with Gasteiger partial charge in [-0.15, -0.1) is 12.6 Å². The molecule has 0 aliphatic carbocycles. The first-order valence-electron chi connectivity index (χ1n) is 10.8. The molecule has 8 nitrogen and oxygen atoms in total. The van der Waals surface area contributed by atoms with Crippen LogP contribution in [0.3, 0.4) is 0 Å². The van der Waals surface area contributed by atoms with Gasteiger partial charge in [-0.05, 0) is 49.7 Å². The number of fused-ring (bicyclic) bond motifs is 1. The highest BCUT2D eigenvalue weighted by Gasteiger charge is 2.28. The minimum absolute atomic E-state index is 0.0285. The number of amides is 1. The number of carbonyl (C=O) groups excluding carboxylic acids is 1. The molecule has 1 saturated heterocycles. The molecule has 0 spiro atoms. The summed E-state index contributed by atoms with van der Waals surface area (Å²) in [7, 11) is 0. The third-order valence-electron chi connectivity index (χ3n) is 6.06. The van der Waals surface area contributed by atoms with Gasteiger partial charge in [-0.2, -0.15) is 0 Å². The molecular formula is C23H26N6O2S. The van der Waals surface area contributed by atoms with Crippen LogP contribution in [0.25, 0.3) is 11.3 Å². The molecule has 32 heavy (non-hydrogen) atoms. The lowest BCUT2D eigenvalue weighted by Crippen LogP contribution is -2.47. The summed E-state index contributed by atoms with van der Waals surface area (Å²) in [5.74, 6) is 0.558. The van der Waals surface area contributed by atoms with Gasteiger partial charge in [-0.3, -0.25) is 4.79 Å². The van der Waals surface area contributed by atoms with E-state index in [0.29, 0.717) is 25.7 Å². The highest BCUT2D eigenvalue weighted by atomic mass is 32.1. The number of carbonyl (C=O) groups is 1. The lowest BCUT2D eigenvalue weighted by molar-refractivity contribution is 0.0371. The van der Waals surface area contributed by atoms with Gasteiger partial charge in [0.15, 0.2) is 0 Å². The van der Waals surface area contributed by atoms with Crippen molar-refractivity contribution in [3.63, 3.8) is 0 Å². The van der Waals surface area contributed by atoms with E-state index < -0.39 is 0 Å². The molecule has 2 aliphatic heterocycles. The van der Waals surface area contributed by atoms with Crippen molar-refractivity contribution in [2.24, 2.45) is 0 Å². The van der Waals surface area contributed by atoms with Crippen molar-refractivity contribution in [3.05, 3.63) is 53.5 Å². The molecule has 0 unspecified atom stereocenters. The third-order valence-corrected chi connectivity index (χ3v) is 6.35. The number of aromatic nitrogens is 3. The second-order valence-electron chi connectivity index (χ2n) is 7.98. The molecule has 2 aliphatic rings. The predicted octanol–water partition coefficient (Wildman–Crippen LogP) is 2.98. The Labute approximate surface area is 192 Å². The summed E-state index contributed by atoms with van der Waals surface area (Å²) in [4.78, 5) is 23.0. The van der Waals surface area contributed by atoms with Crippen LogP contribution in [0.15, 0.2) is 41.4 Å². The fourth-order valence-corrected chi connectivity index (χ4v) is 4.70. The van der Waals surface area contributed by atoms with E-state index in [4.69, 9.17) is 9.72 Å². The average molecular weight is 451 g/mol. The summed E-state index contributed by atoms with van der Waals surface area (Å²) in [5.41, 5.74) is 5.48. The molecule has 1 fully saturated rings. The molecular weight excluding hydrogens is 424 g/mol. The molecule has 4 heterocycles. The molecule has 0 radical (unpaired) electrons. The molecule has 1 N–H and O–H groups in total. The normalized spacial score (nSPS) is 16.5. The van der Waals surface area contributed by atoms with E-state index in [1.807, 2.05) is 42.3 Å². The number of benzene rings is 1. The lowest BCUT2D eigenvalue weighted by Gasteiger charge is -2.37. The Morgan fingerprint density at radius 2 is 1.84 bits per heavy atom. The molecule has 5 rings (SSSR count). The van der Waals surface area contributed by atoms with Gasteiger partial charge < -0.3 is 14.6 Å². The van der Waals surface area contributed by atoms with Gasteiger partial charge in [0, 0.05) is 48.5 Å². The van der Waals surface area contributed by atoms with E-state index in [9.17, 15) is 4.79 Å². The Hall–Kier alpha value is -2.88. The fourth-order valence-electron chi connectivity index (χ4n) is 4.55. The van der Waals surface area contributed by atoms with Crippen molar-refractivity contribution in [3.8, 4) is 11.3 Å². The van der Waals surface area contributed by atoms with Gasteiger partial charge in [0.25, 0.3) is 5.91 Å².